The normalized spacial score (nSPS) is 19.2. The van der Waals surface area contributed by atoms with E-state index in [2.05, 4.69) is 59.3 Å². The zero-order valence-electron chi connectivity index (χ0n) is 13.2. The Labute approximate surface area is 138 Å². The maximum Gasteiger partial charge on any atom is 0.105 e. The monoisotopic (exact) mass is 312 g/mol. The van der Waals surface area contributed by atoms with Crippen LogP contribution in [0.1, 0.15) is 44.2 Å². The van der Waals surface area contributed by atoms with Crippen LogP contribution < -0.4 is 0 Å². The molecule has 0 radical (unpaired) electrons. The first-order chi connectivity index (χ1) is 10.9. The maximum atomic E-state index is 4.68. The van der Waals surface area contributed by atoms with Gasteiger partial charge in [-0.1, -0.05) is 49.4 Å². The summed E-state index contributed by atoms with van der Waals surface area (Å²) in [4.78, 5) is 8.59. The molecule has 116 valence electrons. The largest absolute Gasteiger partial charge is 0.296 e. The first-order valence-electron chi connectivity index (χ1n) is 8.30. The van der Waals surface area contributed by atoms with Crippen LogP contribution in [0.2, 0.25) is 0 Å². The standard InChI is InChI=1S/C19H24N2S/c1-2-14-21-15-7-6-12-18(21)17-11-8-13-20-19(17)22-16-9-4-3-5-10-16/h3-5,8-11,13,18H,2,6-7,12,14-15H2,1H3. The third-order valence-corrected chi connectivity index (χ3v) is 5.28. The number of pyridine rings is 1. The van der Waals surface area contributed by atoms with E-state index in [9.17, 15) is 0 Å². The molecule has 3 heteroatoms. The molecule has 0 spiro atoms. The second-order valence-corrected chi connectivity index (χ2v) is 6.92. The second kappa shape index (κ2) is 7.80. The average Bonchev–Trinajstić information content (AvgIpc) is 2.57. The van der Waals surface area contributed by atoms with Crippen molar-refractivity contribution in [1.82, 2.24) is 9.88 Å². The highest BCUT2D eigenvalue weighted by atomic mass is 32.2. The topological polar surface area (TPSA) is 16.1 Å². The Hall–Kier alpha value is -1.32. The molecule has 0 bridgehead atoms. The molecule has 0 aliphatic carbocycles. The van der Waals surface area contributed by atoms with E-state index >= 15 is 0 Å². The van der Waals surface area contributed by atoms with Crippen molar-refractivity contribution in [2.75, 3.05) is 13.1 Å². The fraction of sp³-hybridized carbons (Fsp3) is 0.421. The third-order valence-electron chi connectivity index (χ3n) is 4.24. The molecule has 1 aliphatic rings. The van der Waals surface area contributed by atoms with E-state index in [0.29, 0.717) is 6.04 Å². The fourth-order valence-electron chi connectivity index (χ4n) is 3.24. The summed E-state index contributed by atoms with van der Waals surface area (Å²) in [5.41, 5.74) is 1.41. The van der Waals surface area contributed by atoms with Gasteiger partial charge in [0.05, 0.1) is 0 Å². The number of likely N-dealkylation sites (tertiary alicyclic amines) is 1. The summed E-state index contributed by atoms with van der Waals surface area (Å²) in [6, 6.07) is 15.5. The average molecular weight is 312 g/mol. The Bertz CT molecular complexity index is 583. The molecular formula is C19H24N2S. The molecule has 0 N–H and O–H groups in total. The lowest BCUT2D eigenvalue weighted by Crippen LogP contribution is -2.34. The third kappa shape index (κ3) is 3.71. The Morgan fingerprint density at radius 1 is 1.14 bits per heavy atom. The number of piperidine rings is 1. The first-order valence-corrected chi connectivity index (χ1v) is 9.12. The Morgan fingerprint density at radius 3 is 2.82 bits per heavy atom. The van der Waals surface area contributed by atoms with E-state index in [4.69, 9.17) is 0 Å². The van der Waals surface area contributed by atoms with E-state index in [1.54, 1.807) is 11.8 Å². The molecule has 0 amide bonds. The van der Waals surface area contributed by atoms with Gasteiger partial charge in [-0.2, -0.15) is 0 Å². The molecule has 2 heterocycles. The number of hydrogen-bond acceptors (Lipinski definition) is 3. The van der Waals surface area contributed by atoms with Gasteiger partial charge < -0.3 is 0 Å². The molecule has 1 aliphatic heterocycles. The van der Waals surface area contributed by atoms with Crippen LogP contribution in [0.5, 0.6) is 0 Å². The summed E-state index contributed by atoms with van der Waals surface area (Å²) in [5, 5.41) is 1.17. The molecule has 3 rings (SSSR count). The summed E-state index contributed by atoms with van der Waals surface area (Å²) < 4.78 is 0. The van der Waals surface area contributed by atoms with Crippen LogP contribution in [0.3, 0.4) is 0 Å². The SMILES string of the molecule is CCCN1CCCCC1c1cccnc1Sc1ccccc1. The van der Waals surface area contributed by atoms with Crippen molar-refractivity contribution in [3.05, 3.63) is 54.2 Å². The predicted octanol–water partition coefficient (Wildman–Crippen LogP) is 5.17. The molecule has 2 nitrogen and oxygen atoms in total. The van der Waals surface area contributed by atoms with E-state index in [1.165, 1.54) is 54.3 Å². The van der Waals surface area contributed by atoms with Crippen molar-refractivity contribution in [2.24, 2.45) is 0 Å². The second-order valence-electron chi connectivity index (χ2n) is 5.86. The van der Waals surface area contributed by atoms with Gasteiger partial charge in [0.25, 0.3) is 0 Å². The number of benzene rings is 1. The van der Waals surface area contributed by atoms with Crippen molar-refractivity contribution in [2.45, 2.75) is 48.6 Å². The maximum absolute atomic E-state index is 4.68. The smallest absolute Gasteiger partial charge is 0.105 e. The Balaban J connectivity index is 1.86. The molecule has 0 saturated carbocycles. The van der Waals surface area contributed by atoms with Crippen LogP contribution in [0.15, 0.2) is 58.6 Å². The van der Waals surface area contributed by atoms with Crippen LogP contribution in [0, 0.1) is 0 Å². The van der Waals surface area contributed by atoms with Gasteiger partial charge >= 0.3 is 0 Å². The van der Waals surface area contributed by atoms with Crippen LogP contribution in [-0.2, 0) is 0 Å². The van der Waals surface area contributed by atoms with Crippen molar-refractivity contribution in [3.8, 4) is 0 Å². The summed E-state index contributed by atoms with van der Waals surface area (Å²) in [6.45, 7) is 4.69. The molecule has 1 aromatic heterocycles. The zero-order valence-corrected chi connectivity index (χ0v) is 14.1. The molecule has 1 aromatic carbocycles. The van der Waals surface area contributed by atoms with Gasteiger partial charge in [-0.05, 0) is 50.6 Å². The quantitative estimate of drug-likeness (QED) is 0.757. The lowest BCUT2D eigenvalue weighted by molar-refractivity contribution is 0.146. The van der Waals surface area contributed by atoms with E-state index < -0.39 is 0 Å². The predicted molar refractivity (Wildman–Crippen MR) is 93.3 cm³/mol. The van der Waals surface area contributed by atoms with Crippen molar-refractivity contribution >= 4 is 11.8 Å². The molecule has 22 heavy (non-hydrogen) atoms. The van der Waals surface area contributed by atoms with Crippen molar-refractivity contribution in [1.29, 1.82) is 0 Å². The number of aromatic nitrogens is 1. The summed E-state index contributed by atoms with van der Waals surface area (Å²) >= 11 is 1.79. The highest BCUT2D eigenvalue weighted by Gasteiger charge is 2.25. The van der Waals surface area contributed by atoms with E-state index in [-0.39, 0.29) is 0 Å². The van der Waals surface area contributed by atoms with Crippen molar-refractivity contribution in [3.63, 3.8) is 0 Å². The van der Waals surface area contributed by atoms with Gasteiger partial charge in [-0.3, -0.25) is 4.90 Å². The minimum Gasteiger partial charge on any atom is -0.296 e. The van der Waals surface area contributed by atoms with Crippen LogP contribution in [0.4, 0.5) is 0 Å². The van der Waals surface area contributed by atoms with Crippen LogP contribution in [0.25, 0.3) is 0 Å². The molecule has 2 aromatic rings. The highest BCUT2D eigenvalue weighted by molar-refractivity contribution is 7.99. The van der Waals surface area contributed by atoms with Crippen molar-refractivity contribution < 1.29 is 0 Å². The number of hydrogen-bond donors (Lipinski definition) is 0. The molecular weight excluding hydrogens is 288 g/mol. The van der Waals surface area contributed by atoms with Gasteiger partial charge in [0.2, 0.25) is 0 Å². The lowest BCUT2D eigenvalue weighted by atomic mass is 9.96. The van der Waals surface area contributed by atoms with Crippen LogP contribution >= 0.6 is 11.8 Å². The molecule has 1 saturated heterocycles. The summed E-state index contributed by atoms with van der Waals surface area (Å²) in [6.07, 6.45) is 7.06. The van der Waals surface area contributed by atoms with Gasteiger partial charge in [-0.25, -0.2) is 4.98 Å². The Kier molecular flexibility index (Phi) is 5.52. The number of rotatable bonds is 5. The van der Waals surface area contributed by atoms with Crippen LogP contribution in [-0.4, -0.2) is 23.0 Å². The zero-order chi connectivity index (χ0) is 15.2. The Morgan fingerprint density at radius 2 is 2.00 bits per heavy atom. The van der Waals surface area contributed by atoms with Gasteiger partial charge in [-0.15, -0.1) is 0 Å². The van der Waals surface area contributed by atoms with E-state index in [0.717, 1.165) is 0 Å². The van der Waals surface area contributed by atoms with Gasteiger partial charge in [0, 0.05) is 22.7 Å². The first kappa shape index (κ1) is 15.6. The molecule has 1 atom stereocenters. The molecule has 1 unspecified atom stereocenters. The summed E-state index contributed by atoms with van der Waals surface area (Å²) in [7, 11) is 0. The minimum absolute atomic E-state index is 0.536. The minimum atomic E-state index is 0.536. The highest BCUT2D eigenvalue weighted by Crippen LogP contribution is 2.37. The lowest BCUT2D eigenvalue weighted by Gasteiger charge is -2.36. The number of nitrogens with zero attached hydrogens (tertiary/aromatic N) is 2. The molecule has 1 fully saturated rings. The summed E-state index contributed by atoms with van der Waals surface area (Å²) in [5.74, 6) is 0. The van der Waals surface area contributed by atoms with Gasteiger partial charge in [0.1, 0.15) is 5.03 Å². The van der Waals surface area contributed by atoms with Gasteiger partial charge in [0.15, 0.2) is 0 Å². The fourth-order valence-corrected chi connectivity index (χ4v) is 4.19. The van der Waals surface area contributed by atoms with E-state index in [1.807, 2.05) is 6.20 Å².